The molecule has 104 valence electrons. The first-order valence-corrected chi connectivity index (χ1v) is 7.40. The van der Waals surface area contributed by atoms with Crippen molar-refractivity contribution < 1.29 is 0 Å². The highest BCUT2D eigenvalue weighted by Crippen LogP contribution is 2.25. The Labute approximate surface area is 112 Å². The van der Waals surface area contributed by atoms with Gasteiger partial charge in [-0.1, -0.05) is 46.5 Å². The first kappa shape index (κ1) is 15.2. The Balaban J connectivity index is 2.61. The van der Waals surface area contributed by atoms with Crippen LogP contribution in [-0.2, 0) is 13.5 Å². The van der Waals surface area contributed by atoms with E-state index in [-0.39, 0.29) is 6.04 Å². The topological polar surface area (TPSA) is 43.8 Å². The van der Waals surface area contributed by atoms with Gasteiger partial charge < -0.3 is 5.73 Å². The van der Waals surface area contributed by atoms with Crippen molar-refractivity contribution in [1.29, 1.82) is 0 Å². The van der Waals surface area contributed by atoms with Crippen LogP contribution in [0, 0.1) is 5.92 Å². The van der Waals surface area contributed by atoms with Crippen molar-refractivity contribution in [1.82, 2.24) is 9.78 Å². The Kier molecular flexibility index (Phi) is 6.41. The molecule has 2 atom stereocenters. The minimum absolute atomic E-state index is 0.129. The summed E-state index contributed by atoms with van der Waals surface area (Å²) in [6.07, 6.45) is 7.19. The van der Waals surface area contributed by atoms with Gasteiger partial charge in [-0.2, -0.15) is 5.10 Å². The maximum atomic E-state index is 6.35. The van der Waals surface area contributed by atoms with E-state index in [2.05, 4.69) is 31.9 Å². The summed E-state index contributed by atoms with van der Waals surface area (Å²) in [5.41, 5.74) is 8.68. The largest absolute Gasteiger partial charge is 0.323 e. The van der Waals surface area contributed by atoms with E-state index in [4.69, 9.17) is 5.73 Å². The summed E-state index contributed by atoms with van der Waals surface area (Å²) >= 11 is 0. The summed E-state index contributed by atoms with van der Waals surface area (Å²) in [6, 6.07) is 2.29. The maximum Gasteiger partial charge on any atom is 0.0625 e. The molecule has 0 spiro atoms. The number of hydrogen-bond donors (Lipinski definition) is 1. The molecule has 1 aromatic rings. The van der Waals surface area contributed by atoms with E-state index in [0.717, 1.165) is 24.5 Å². The minimum Gasteiger partial charge on any atom is -0.323 e. The third kappa shape index (κ3) is 4.13. The van der Waals surface area contributed by atoms with Gasteiger partial charge in [-0.25, -0.2) is 0 Å². The molecule has 2 N–H and O–H groups in total. The predicted octanol–water partition coefficient (Wildman–Crippen LogP) is 3.59. The lowest BCUT2D eigenvalue weighted by Crippen LogP contribution is -2.18. The van der Waals surface area contributed by atoms with Crippen molar-refractivity contribution in [3.05, 3.63) is 17.5 Å². The van der Waals surface area contributed by atoms with Crippen molar-refractivity contribution in [3.63, 3.8) is 0 Å². The van der Waals surface area contributed by atoms with Crippen molar-refractivity contribution >= 4 is 0 Å². The number of aryl methyl sites for hydroxylation is 2. The second-order valence-corrected chi connectivity index (χ2v) is 5.30. The molecule has 0 radical (unpaired) electrons. The lowest BCUT2D eigenvalue weighted by molar-refractivity contribution is 0.380. The van der Waals surface area contributed by atoms with Crippen LogP contribution >= 0.6 is 0 Å². The number of aromatic nitrogens is 2. The normalized spacial score (nSPS) is 14.7. The first-order chi connectivity index (χ1) is 8.62. The van der Waals surface area contributed by atoms with Crippen molar-refractivity contribution in [2.45, 2.75) is 65.3 Å². The van der Waals surface area contributed by atoms with E-state index >= 15 is 0 Å². The van der Waals surface area contributed by atoms with Crippen molar-refractivity contribution in [3.8, 4) is 0 Å². The summed E-state index contributed by atoms with van der Waals surface area (Å²) in [4.78, 5) is 0. The fourth-order valence-electron chi connectivity index (χ4n) is 2.52. The molecule has 0 fully saturated rings. The van der Waals surface area contributed by atoms with Gasteiger partial charge in [0.05, 0.1) is 11.4 Å². The molecular formula is C15H29N3. The standard InChI is InChI=1S/C15H29N3/c1-5-8-9-12(6-2)10-14(16)15-11-13(7-3)17-18(15)4/h11-12,14H,5-10,16H2,1-4H3. The van der Waals surface area contributed by atoms with Crippen LogP contribution in [0.2, 0.25) is 0 Å². The molecule has 1 heterocycles. The van der Waals surface area contributed by atoms with E-state index < -0.39 is 0 Å². The van der Waals surface area contributed by atoms with Gasteiger partial charge in [-0.15, -0.1) is 0 Å². The molecule has 0 aliphatic carbocycles. The number of hydrogen-bond acceptors (Lipinski definition) is 2. The Morgan fingerprint density at radius 1 is 1.33 bits per heavy atom. The van der Waals surface area contributed by atoms with Crippen molar-refractivity contribution in [2.75, 3.05) is 0 Å². The summed E-state index contributed by atoms with van der Waals surface area (Å²) < 4.78 is 1.95. The minimum atomic E-state index is 0.129. The van der Waals surface area contributed by atoms with E-state index in [9.17, 15) is 0 Å². The van der Waals surface area contributed by atoms with Crippen LogP contribution < -0.4 is 5.73 Å². The van der Waals surface area contributed by atoms with Crippen LogP contribution in [0.15, 0.2) is 6.07 Å². The van der Waals surface area contributed by atoms with Crippen LogP contribution in [0.4, 0.5) is 0 Å². The van der Waals surface area contributed by atoms with Crippen LogP contribution in [-0.4, -0.2) is 9.78 Å². The highest BCUT2D eigenvalue weighted by molar-refractivity contribution is 5.13. The molecule has 3 nitrogen and oxygen atoms in total. The van der Waals surface area contributed by atoms with Gasteiger partial charge in [0, 0.05) is 13.1 Å². The average Bonchev–Trinajstić information content (AvgIpc) is 2.75. The summed E-state index contributed by atoms with van der Waals surface area (Å²) in [6.45, 7) is 6.66. The summed E-state index contributed by atoms with van der Waals surface area (Å²) in [7, 11) is 2.00. The molecule has 3 heteroatoms. The van der Waals surface area contributed by atoms with E-state index in [0.29, 0.717) is 0 Å². The lowest BCUT2D eigenvalue weighted by Gasteiger charge is -2.19. The molecule has 1 aromatic heterocycles. The van der Waals surface area contributed by atoms with Crippen LogP contribution in [0.5, 0.6) is 0 Å². The summed E-state index contributed by atoms with van der Waals surface area (Å²) in [5, 5.41) is 4.48. The lowest BCUT2D eigenvalue weighted by atomic mass is 9.91. The third-order valence-corrected chi connectivity index (χ3v) is 3.84. The fraction of sp³-hybridized carbons (Fsp3) is 0.800. The van der Waals surface area contributed by atoms with Gasteiger partial charge in [-0.05, 0) is 24.8 Å². The SMILES string of the molecule is CCCCC(CC)CC(N)c1cc(CC)nn1C. The Morgan fingerprint density at radius 3 is 2.56 bits per heavy atom. The zero-order chi connectivity index (χ0) is 13.5. The van der Waals surface area contributed by atoms with E-state index in [1.807, 2.05) is 11.7 Å². The molecule has 18 heavy (non-hydrogen) atoms. The molecule has 2 unspecified atom stereocenters. The highest BCUT2D eigenvalue weighted by atomic mass is 15.3. The van der Waals surface area contributed by atoms with Gasteiger partial charge in [0.2, 0.25) is 0 Å². The molecule has 0 amide bonds. The molecule has 0 saturated heterocycles. The fourth-order valence-corrected chi connectivity index (χ4v) is 2.52. The van der Waals surface area contributed by atoms with Crippen molar-refractivity contribution in [2.24, 2.45) is 18.7 Å². The molecule has 0 aliphatic rings. The van der Waals surface area contributed by atoms with Gasteiger partial charge in [0.25, 0.3) is 0 Å². The molecule has 0 saturated carbocycles. The zero-order valence-corrected chi connectivity index (χ0v) is 12.4. The second-order valence-electron chi connectivity index (χ2n) is 5.30. The monoisotopic (exact) mass is 251 g/mol. The Hall–Kier alpha value is -0.830. The molecule has 0 aromatic carbocycles. The van der Waals surface area contributed by atoms with Gasteiger partial charge in [0.15, 0.2) is 0 Å². The number of unbranched alkanes of at least 4 members (excludes halogenated alkanes) is 1. The zero-order valence-electron chi connectivity index (χ0n) is 12.4. The first-order valence-electron chi connectivity index (χ1n) is 7.40. The predicted molar refractivity (Wildman–Crippen MR) is 77.4 cm³/mol. The van der Waals surface area contributed by atoms with Gasteiger partial charge >= 0.3 is 0 Å². The number of nitrogens with zero attached hydrogens (tertiary/aromatic N) is 2. The number of rotatable bonds is 8. The Morgan fingerprint density at radius 2 is 2.06 bits per heavy atom. The summed E-state index contributed by atoms with van der Waals surface area (Å²) in [5.74, 6) is 0.750. The Bertz CT molecular complexity index is 344. The van der Waals surface area contributed by atoms with E-state index in [1.165, 1.54) is 31.4 Å². The quantitative estimate of drug-likeness (QED) is 0.767. The smallest absolute Gasteiger partial charge is 0.0625 e. The average molecular weight is 251 g/mol. The molecular weight excluding hydrogens is 222 g/mol. The van der Waals surface area contributed by atoms with E-state index in [1.54, 1.807) is 0 Å². The van der Waals surface area contributed by atoms with Crippen LogP contribution in [0.3, 0.4) is 0 Å². The molecule has 0 bridgehead atoms. The molecule has 0 aliphatic heterocycles. The molecule has 1 rings (SSSR count). The second kappa shape index (κ2) is 7.57. The van der Waals surface area contributed by atoms with Gasteiger partial charge in [0.1, 0.15) is 0 Å². The van der Waals surface area contributed by atoms with Gasteiger partial charge in [-0.3, -0.25) is 4.68 Å². The maximum absolute atomic E-state index is 6.35. The highest BCUT2D eigenvalue weighted by Gasteiger charge is 2.17. The van der Waals surface area contributed by atoms with Crippen LogP contribution in [0.25, 0.3) is 0 Å². The van der Waals surface area contributed by atoms with Crippen LogP contribution in [0.1, 0.15) is 70.3 Å². The number of nitrogens with two attached hydrogens (primary N) is 1. The third-order valence-electron chi connectivity index (χ3n) is 3.84.